The van der Waals surface area contributed by atoms with Crippen LogP contribution in [0.3, 0.4) is 0 Å². The van der Waals surface area contributed by atoms with E-state index < -0.39 is 0 Å². The van der Waals surface area contributed by atoms with E-state index in [2.05, 4.69) is 45.4 Å². The van der Waals surface area contributed by atoms with Gasteiger partial charge in [-0.15, -0.1) is 11.8 Å². The molecule has 3 rings (SSSR count). The Bertz CT molecular complexity index is 632. The number of hydrogen-bond donors (Lipinski definition) is 1. The Balaban J connectivity index is 1.20. The van der Waals surface area contributed by atoms with Crippen molar-refractivity contribution in [3.63, 3.8) is 0 Å². The second-order valence-electron chi connectivity index (χ2n) is 7.35. The molecular weight excluding hydrogens is 388 g/mol. The lowest BCUT2D eigenvalue weighted by Gasteiger charge is -2.36. The van der Waals surface area contributed by atoms with Gasteiger partial charge in [-0.3, -0.25) is 14.5 Å². The lowest BCUT2D eigenvalue weighted by molar-refractivity contribution is -0.132. The molecule has 1 aromatic carbocycles. The van der Waals surface area contributed by atoms with Crippen LogP contribution in [0.1, 0.15) is 6.42 Å². The smallest absolute Gasteiger partial charge is 0.232 e. The lowest BCUT2D eigenvalue weighted by Crippen LogP contribution is -2.47. The molecule has 0 unspecified atom stereocenters. The van der Waals surface area contributed by atoms with Crippen LogP contribution in [0.25, 0.3) is 0 Å². The largest absolute Gasteiger partial charge is 0.378 e. The quantitative estimate of drug-likeness (QED) is 0.599. The number of benzene rings is 1. The molecule has 0 atom stereocenters. The third-order valence-electron chi connectivity index (χ3n) is 5.29. The topological polar surface area (TPSA) is 65.1 Å². The minimum Gasteiger partial charge on any atom is -0.378 e. The average Bonchev–Trinajstić information content (AvgIpc) is 2.78. The lowest BCUT2D eigenvalue weighted by atomic mass is 10.2. The zero-order valence-electron chi connectivity index (χ0n) is 17.1. The van der Waals surface area contributed by atoms with Crippen molar-refractivity contribution in [1.82, 2.24) is 15.1 Å². The molecule has 160 valence electrons. The summed E-state index contributed by atoms with van der Waals surface area (Å²) < 4.78 is 5.25. The van der Waals surface area contributed by atoms with Gasteiger partial charge in [-0.2, -0.15) is 0 Å². The number of hydrogen-bond acceptors (Lipinski definition) is 6. The molecule has 1 aromatic rings. The van der Waals surface area contributed by atoms with Crippen LogP contribution >= 0.6 is 11.8 Å². The Morgan fingerprint density at radius 1 is 0.966 bits per heavy atom. The molecule has 2 fully saturated rings. The fourth-order valence-electron chi connectivity index (χ4n) is 3.59. The average molecular weight is 421 g/mol. The maximum absolute atomic E-state index is 12.0. The number of morpholine rings is 1. The van der Waals surface area contributed by atoms with E-state index >= 15 is 0 Å². The monoisotopic (exact) mass is 420 g/mol. The Kier molecular flexibility index (Phi) is 9.11. The van der Waals surface area contributed by atoms with Crippen LogP contribution in [-0.4, -0.2) is 98.7 Å². The van der Waals surface area contributed by atoms with Gasteiger partial charge < -0.3 is 19.9 Å². The minimum atomic E-state index is 0.0127. The summed E-state index contributed by atoms with van der Waals surface area (Å²) in [7, 11) is 0. The van der Waals surface area contributed by atoms with Gasteiger partial charge in [-0.1, -0.05) is 18.2 Å². The molecular formula is C21H32N4O3S. The molecule has 2 amide bonds. The minimum absolute atomic E-state index is 0.0127. The second-order valence-corrected chi connectivity index (χ2v) is 8.34. The molecule has 0 aliphatic carbocycles. The number of para-hydroxylation sites is 1. The second kappa shape index (κ2) is 12.0. The van der Waals surface area contributed by atoms with Crippen molar-refractivity contribution in [2.24, 2.45) is 0 Å². The van der Waals surface area contributed by atoms with Gasteiger partial charge >= 0.3 is 0 Å². The van der Waals surface area contributed by atoms with E-state index in [0.29, 0.717) is 44.4 Å². The molecule has 0 aromatic heterocycles. The van der Waals surface area contributed by atoms with E-state index in [-0.39, 0.29) is 11.8 Å². The molecule has 2 heterocycles. The molecule has 2 aliphatic rings. The van der Waals surface area contributed by atoms with Crippen molar-refractivity contribution in [3.05, 3.63) is 30.3 Å². The summed E-state index contributed by atoms with van der Waals surface area (Å²) in [6.45, 7) is 8.44. The summed E-state index contributed by atoms with van der Waals surface area (Å²) in [6, 6.07) is 10.5. The molecule has 0 radical (unpaired) electrons. The van der Waals surface area contributed by atoms with Crippen molar-refractivity contribution in [2.45, 2.75) is 6.42 Å². The number of amides is 2. The van der Waals surface area contributed by atoms with Gasteiger partial charge in [0.05, 0.1) is 24.7 Å². The van der Waals surface area contributed by atoms with Crippen LogP contribution < -0.4 is 10.2 Å². The van der Waals surface area contributed by atoms with Crippen LogP contribution in [0.2, 0.25) is 0 Å². The van der Waals surface area contributed by atoms with E-state index in [1.165, 1.54) is 17.4 Å². The molecule has 2 aliphatic heterocycles. The molecule has 0 spiro atoms. The number of piperazine rings is 1. The van der Waals surface area contributed by atoms with Gasteiger partial charge in [-0.05, 0) is 25.1 Å². The number of rotatable bonds is 9. The fraction of sp³-hybridized carbons (Fsp3) is 0.619. The SMILES string of the molecule is O=C(CSCC(=O)N1CCOCC1)NCCCN1CCN(c2ccccc2)CC1. The molecule has 29 heavy (non-hydrogen) atoms. The summed E-state index contributed by atoms with van der Waals surface area (Å²) in [5.41, 5.74) is 1.30. The van der Waals surface area contributed by atoms with Crippen LogP contribution in [0, 0.1) is 0 Å². The summed E-state index contributed by atoms with van der Waals surface area (Å²) in [4.78, 5) is 30.7. The van der Waals surface area contributed by atoms with E-state index in [1.54, 1.807) is 0 Å². The van der Waals surface area contributed by atoms with E-state index in [0.717, 1.165) is 39.1 Å². The molecule has 0 saturated carbocycles. The van der Waals surface area contributed by atoms with Gasteiger partial charge in [0.1, 0.15) is 0 Å². The van der Waals surface area contributed by atoms with E-state index in [9.17, 15) is 9.59 Å². The number of nitrogens with zero attached hydrogens (tertiary/aromatic N) is 3. The van der Waals surface area contributed by atoms with Gasteiger partial charge in [0.25, 0.3) is 0 Å². The van der Waals surface area contributed by atoms with Crippen LogP contribution in [0.4, 0.5) is 5.69 Å². The number of thioether (sulfide) groups is 1. The molecule has 2 saturated heterocycles. The molecule has 0 bridgehead atoms. The number of carbonyl (C=O) groups excluding carboxylic acids is 2. The zero-order chi connectivity index (χ0) is 20.3. The third-order valence-corrected chi connectivity index (χ3v) is 6.21. The highest BCUT2D eigenvalue weighted by Crippen LogP contribution is 2.15. The zero-order valence-corrected chi connectivity index (χ0v) is 17.9. The first-order valence-electron chi connectivity index (χ1n) is 10.4. The number of nitrogens with one attached hydrogen (secondary N) is 1. The van der Waals surface area contributed by atoms with Gasteiger partial charge in [-0.25, -0.2) is 0 Å². The number of carbonyl (C=O) groups is 2. The highest BCUT2D eigenvalue weighted by Gasteiger charge is 2.18. The standard InChI is InChI=1S/C21H32N4O3S/c26-20(17-29-18-21(27)25-13-15-28-16-14-25)22-7-4-8-23-9-11-24(12-10-23)19-5-2-1-3-6-19/h1-3,5-6H,4,7-18H2,(H,22,26). The van der Waals surface area contributed by atoms with Crippen molar-refractivity contribution >= 4 is 29.3 Å². The normalized spacial score (nSPS) is 17.9. The van der Waals surface area contributed by atoms with Gasteiger partial charge in [0.15, 0.2) is 0 Å². The van der Waals surface area contributed by atoms with Crippen molar-refractivity contribution in [1.29, 1.82) is 0 Å². The summed E-state index contributed by atoms with van der Waals surface area (Å²) in [5, 5.41) is 2.97. The predicted octanol–water partition coefficient (Wildman–Crippen LogP) is 0.907. The fourth-order valence-corrected chi connectivity index (χ4v) is 4.33. The number of anilines is 1. The van der Waals surface area contributed by atoms with Crippen LogP contribution in [-0.2, 0) is 14.3 Å². The van der Waals surface area contributed by atoms with Gasteiger partial charge in [0, 0.05) is 51.5 Å². The Labute approximate surface area is 177 Å². The summed E-state index contributed by atoms with van der Waals surface area (Å²) in [6.07, 6.45) is 0.953. The van der Waals surface area contributed by atoms with Crippen molar-refractivity contribution in [3.8, 4) is 0 Å². The van der Waals surface area contributed by atoms with E-state index in [4.69, 9.17) is 4.74 Å². The Morgan fingerprint density at radius 3 is 2.41 bits per heavy atom. The maximum atomic E-state index is 12.0. The molecule has 1 N–H and O–H groups in total. The highest BCUT2D eigenvalue weighted by molar-refractivity contribution is 8.00. The van der Waals surface area contributed by atoms with Crippen LogP contribution in [0.15, 0.2) is 30.3 Å². The van der Waals surface area contributed by atoms with Crippen LogP contribution in [0.5, 0.6) is 0 Å². The maximum Gasteiger partial charge on any atom is 0.232 e. The summed E-state index contributed by atoms with van der Waals surface area (Å²) in [5.74, 6) is 0.810. The van der Waals surface area contributed by atoms with Crippen molar-refractivity contribution in [2.75, 3.05) is 82.0 Å². The van der Waals surface area contributed by atoms with Crippen molar-refractivity contribution < 1.29 is 14.3 Å². The highest BCUT2D eigenvalue weighted by atomic mass is 32.2. The van der Waals surface area contributed by atoms with E-state index in [1.807, 2.05) is 4.90 Å². The third kappa shape index (κ3) is 7.53. The molecule has 7 nitrogen and oxygen atoms in total. The molecule has 8 heteroatoms. The first-order valence-corrected chi connectivity index (χ1v) is 11.6. The number of ether oxygens (including phenoxy) is 1. The first-order chi connectivity index (χ1) is 14.2. The summed E-state index contributed by atoms with van der Waals surface area (Å²) >= 11 is 1.39. The first kappa shape index (κ1) is 21.9. The predicted molar refractivity (Wildman–Crippen MR) is 117 cm³/mol. The van der Waals surface area contributed by atoms with Gasteiger partial charge in [0.2, 0.25) is 11.8 Å². The Hall–Kier alpha value is -1.77. The Morgan fingerprint density at radius 2 is 1.69 bits per heavy atom.